The third-order valence-electron chi connectivity index (χ3n) is 5.79. The highest BCUT2D eigenvalue weighted by Crippen LogP contribution is 2.40. The van der Waals surface area contributed by atoms with Crippen LogP contribution in [0.5, 0.6) is 0 Å². The molecular formula is C21H27N3O2. The first-order valence-electron chi connectivity index (χ1n) is 9.67. The van der Waals surface area contributed by atoms with Crippen molar-refractivity contribution < 1.29 is 9.32 Å². The number of benzene rings is 1. The zero-order chi connectivity index (χ0) is 18.1. The molecule has 2 aromatic rings. The van der Waals surface area contributed by atoms with Gasteiger partial charge < -0.3 is 14.7 Å². The number of aromatic nitrogens is 1. The maximum atomic E-state index is 13.6. The summed E-state index contributed by atoms with van der Waals surface area (Å²) in [6, 6.07) is 10.3. The Morgan fingerprint density at radius 2 is 1.92 bits per heavy atom. The average molecular weight is 353 g/mol. The van der Waals surface area contributed by atoms with E-state index in [1.165, 1.54) is 5.56 Å². The van der Waals surface area contributed by atoms with Crippen molar-refractivity contribution in [2.45, 2.75) is 64.0 Å². The normalized spacial score (nSPS) is 21.9. The van der Waals surface area contributed by atoms with Crippen molar-refractivity contribution in [3.05, 3.63) is 47.3 Å². The van der Waals surface area contributed by atoms with Crippen LogP contribution in [0.1, 0.15) is 61.6 Å². The molecule has 26 heavy (non-hydrogen) atoms. The van der Waals surface area contributed by atoms with Crippen molar-refractivity contribution in [1.82, 2.24) is 10.1 Å². The summed E-state index contributed by atoms with van der Waals surface area (Å²) in [5.41, 5.74) is 2.62. The molecule has 1 aliphatic heterocycles. The lowest BCUT2D eigenvalue weighted by molar-refractivity contribution is -0.137. The predicted octanol–water partition coefficient (Wildman–Crippen LogP) is 4.38. The number of nitrogens with zero attached hydrogens (tertiary/aromatic N) is 2. The molecule has 0 bridgehead atoms. The molecule has 1 atom stereocenters. The standard InChI is InChI=1S/C21H27N3O2/c1-15-7-9-17(10-8-15)22-21(11-3-4-12-21)20(25)24-13-5-6-18(24)19-14-16(2)23-26-19/h7-10,14,18,22H,3-6,11-13H2,1-2H3. The van der Waals surface area contributed by atoms with Crippen LogP contribution in [0.3, 0.4) is 0 Å². The largest absolute Gasteiger partial charge is 0.371 e. The Morgan fingerprint density at radius 1 is 1.19 bits per heavy atom. The van der Waals surface area contributed by atoms with E-state index in [-0.39, 0.29) is 11.9 Å². The summed E-state index contributed by atoms with van der Waals surface area (Å²) in [5, 5.41) is 7.62. The summed E-state index contributed by atoms with van der Waals surface area (Å²) in [4.78, 5) is 15.7. The Balaban J connectivity index is 1.59. The number of nitrogens with one attached hydrogen (secondary N) is 1. The predicted molar refractivity (Wildman–Crippen MR) is 101 cm³/mol. The second kappa shape index (κ2) is 6.78. The van der Waals surface area contributed by atoms with Gasteiger partial charge in [0.1, 0.15) is 5.54 Å². The first kappa shape index (κ1) is 17.1. The number of likely N-dealkylation sites (tertiary alicyclic amines) is 1. The number of carbonyl (C=O) groups excluding carboxylic acids is 1. The molecule has 0 radical (unpaired) electrons. The van der Waals surface area contributed by atoms with Gasteiger partial charge in [-0.15, -0.1) is 0 Å². The van der Waals surface area contributed by atoms with E-state index >= 15 is 0 Å². The molecule has 2 heterocycles. The van der Waals surface area contributed by atoms with Gasteiger partial charge in [0.25, 0.3) is 0 Å². The highest BCUT2D eigenvalue weighted by molar-refractivity contribution is 5.90. The van der Waals surface area contributed by atoms with Crippen LogP contribution in [0, 0.1) is 13.8 Å². The Morgan fingerprint density at radius 3 is 2.58 bits per heavy atom. The van der Waals surface area contributed by atoms with Crippen LogP contribution in [0.15, 0.2) is 34.9 Å². The molecule has 1 N–H and O–H groups in total. The summed E-state index contributed by atoms with van der Waals surface area (Å²) in [6.07, 6.45) is 5.91. The van der Waals surface area contributed by atoms with Gasteiger partial charge in [-0.2, -0.15) is 0 Å². The van der Waals surface area contributed by atoms with Crippen molar-refractivity contribution in [2.24, 2.45) is 0 Å². The molecule has 2 aliphatic rings. The summed E-state index contributed by atoms with van der Waals surface area (Å²) >= 11 is 0. The van der Waals surface area contributed by atoms with Gasteiger partial charge in [-0.25, -0.2) is 0 Å². The number of anilines is 1. The fraction of sp³-hybridized carbons (Fsp3) is 0.524. The third kappa shape index (κ3) is 3.11. The molecule has 1 saturated heterocycles. The van der Waals surface area contributed by atoms with Gasteiger partial charge >= 0.3 is 0 Å². The van der Waals surface area contributed by atoms with Gasteiger partial charge in [0, 0.05) is 18.3 Å². The number of hydrogen-bond acceptors (Lipinski definition) is 4. The molecule has 1 aromatic heterocycles. The van der Waals surface area contributed by atoms with E-state index < -0.39 is 5.54 Å². The number of carbonyl (C=O) groups is 1. The van der Waals surface area contributed by atoms with Crippen LogP contribution in [-0.2, 0) is 4.79 Å². The molecule has 138 valence electrons. The van der Waals surface area contributed by atoms with Gasteiger partial charge in [0.15, 0.2) is 5.76 Å². The quantitative estimate of drug-likeness (QED) is 0.886. The Hall–Kier alpha value is -2.30. The van der Waals surface area contributed by atoms with Crippen LogP contribution >= 0.6 is 0 Å². The molecule has 2 fully saturated rings. The lowest BCUT2D eigenvalue weighted by Crippen LogP contribution is -2.52. The minimum atomic E-state index is -0.493. The van der Waals surface area contributed by atoms with E-state index in [1.807, 2.05) is 17.9 Å². The summed E-state index contributed by atoms with van der Waals surface area (Å²) in [5.74, 6) is 1.03. The zero-order valence-corrected chi connectivity index (χ0v) is 15.6. The number of rotatable bonds is 4. The van der Waals surface area contributed by atoms with Crippen molar-refractivity contribution in [2.75, 3.05) is 11.9 Å². The number of amides is 1. The summed E-state index contributed by atoms with van der Waals surface area (Å²) in [7, 11) is 0. The SMILES string of the molecule is Cc1ccc(NC2(C(=O)N3CCCC3c3cc(C)no3)CCCC2)cc1. The van der Waals surface area contributed by atoms with Gasteiger partial charge in [-0.3, -0.25) is 4.79 Å². The molecule has 1 amide bonds. The second-order valence-electron chi connectivity index (χ2n) is 7.81. The average Bonchev–Trinajstić information content (AvgIpc) is 3.37. The maximum Gasteiger partial charge on any atom is 0.248 e. The molecule has 1 aliphatic carbocycles. The first-order valence-corrected chi connectivity index (χ1v) is 9.67. The van der Waals surface area contributed by atoms with Gasteiger partial charge in [0.05, 0.1) is 11.7 Å². The van der Waals surface area contributed by atoms with Crippen LogP contribution in [0.25, 0.3) is 0 Å². The Kier molecular flexibility index (Phi) is 4.47. The lowest BCUT2D eigenvalue weighted by atomic mass is 9.94. The van der Waals surface area contributed by atoms with Crippen molar-refractivity contribution in [3.8, 4) is 0 Å². The summed E-state index contributed by atoms with van der Waals surface area (Å²) in [6.45, 7) is 4.79. The van der Waals surface area contributed by atoms with Gasteiger partial charge in [-0.05, 0) is 51.7 Å². The Bertz CT molecular complexity index is 775. The van der Waals surface area contributed by atoms with Crippen LogP contribution < -0.4 is 5.32 Å². The number of aryl methyl sites for hydroxylation is 2. The molecule has 0 spiro atoms. The lowest BCUT2D eigenvalue weighted by Gasteiger charge is -2.36. The van der Waals surface area contributed by atoms with E-state index in [9.17, 15) is 4.79 Å². The fourth-order valence-corrected chi connectivity index (χ4v) is 4.40. The third-order valence-corrected chi connectivity index (χ3v) is 5.79. The van der Waals surface area contributed by atoms with E-state index in [2.05, 4.69) is 41.7 Å². The van der Waals surface area contributed by atoms with Crippen molar-refractivity contribution in [1.29, 1.82) is 0 Å². The monoisotopic (exact) mass is 353 g/mol. The maximum absolute atomic E-state index is 13.6. The second-order valence-corrected chi connectivity index (χ2v) is 7.81. The highest BCUT2D eigenvalue weighted by atomic mass is 16.5. The summed E-state index contributed by atoms with van der Waals surface area (Å²) < 4.78 is 5.49. The molecule has 4 rings (SSSR count). The molecule has 5 nitrogen and oxygen atoms in total. The Labute approximate surface area is 154 Å². The van der Waals surface area contributed by atoms with Crippen LogP contribution in [0.2, 0.25) is 0 Å². The van der Waals surface area contributed by atoms with E-state index in [0.717, 1.165) is 62.2 Å². The topological polar surface area (TPSA) is 58.4 Å². The van der Waals surface area contributed by atoms with E-state index in [4.69, 9.17) is 4.52 Å². The highest BCUT2D eigenvalue weighted by Gasteiger charge is 2.47. The minimum absolute atomic E-state index is 0.0148. The van der Waals surface area contributed by atoms with Gasteiger partial charge in [0.2, 0.25) is 5.91 Å². The molecule has 1 aromatic carbocycles. The molecule has 1 unspecified atom stereocenters. The van der Waals surface area contributed by atoms with E-state index in [0.29, 0.717) is 0 Å². The molecule has 5 heteroatoms. The number of hydrogen-bond donors (Lipinski definition) is 1. The zero-order valence-electron chi connectivity index (χ0n) is 15.6. The van der Waals surface area contributed by atoms with Crippen LogP contribution in [-0.4, -0.2) is 28.0 Å². The minimum Gasteiger partial charge on any atom is -0.371 e. The molecular weight excluding hydrogens is 326 g/mol. The smallest absolute Gasteiger partial charge is 0.248 e. The van der Waals surface area contributed by atoms with Crippen molar-refractivity contribution in [3.63, 3.8) is 0 Å². The van der Waals surface area contributed by atoms with Crippen molar-refractivity contribution >= 4 is 11.6 Å². The fourth-order valence-electron chi connectivity index (χ4n) is 4.40. The first-order chi connectivity index (χ1) is 12.6. The van der Waals surface area contributed by atoms with E-state index in [1.54, 1.807) is 0 Å². The van der Waals surface area contributed by atoms with Gasteiger partial charge in [-0.1, -0.05) is 35.7 Å². The van der Waals surface area contributed by atoms with Crippen LogP contribution in [0.4, 0.5) is 5.69 Å². The molecule has 1 saturated carbocycles.